The minimum atomic E-state index is 0. The van der Waals surface area contributed by atoms with Gasteiger partial charge in [0, 0.05) is 13.6 Å². The van der Waals surface area contributed by atoms with Crippen LogP contribution in [0.2, 0.25) is 0 Å². The maximum atomic E-state index is 8.79. The summed E-state index contributed by atoms with van der Waals surface area (Å²) in [4.78, 5) is 0. The van der Waals surface area contributed by atoms with Crippen LogP contribution in [0.3, 0.4) is 0 Å². The van der Waals surface area contributed by atoms with Crippen molar-refractivity contribution in [1.82, 2.24) is 5.32 Å². The fraction of sp³-hybridized carbons (Fsp3) is 0.765. The van der Waals surface area contributed by atoms with Crippen LogP contribution < -0.4 is 5.32 Å². The summed E-state index contributed by atoms with van der Waals surface area (Å²) in [6.45, 7) is 7.80. The van der Waals surface area contributed by atoms with E-state index in [-0.39, 0.29) is 14.4 Å². The largest absolute Gasteiger partial charge is 0.396 e. The van der Waals surface area contributed by atoms with Crippen molar-refractivity contribution >= 4 is 0 Å². The van der Waals surface area contributed by atoms with Gasteiger partial charge in [-0.3, -0.25) is 0 Å². The van der Waals surface area contributed by atoms with E-state index in [9.17, 15) is 0 Å². The van der Waals surface area contributed by atoms with Crippen molar-refractivity contribution in [2.24, 2.45) is 0 Å². The molecule has 0 bridgehead atoms. The first-order chi connectivity index (χ1) is 8.74. The van der Waals surface area contributed by atoms with Crippen LogP contribution in [0.25, 0.3) is 0 Å². The van der Waals surface area contributed by atoms with Gasteiger partial charge in [0.1, 0.15) is 0 Å². The molecule has 0 saturated carbocycles. The van der Waals surface area contributed by atoms with Crippen molar-refractivity contribution < 1.29 is 6.53 Å². The molecular formula is C17H35NO. The normalized spacial score (nSPS) is 25.1. The van der Waals surface area contributed by atoms with Crippen LogP contribution in [0.4, 0.5) is 0 Å². The molecule has 2 rings (SSSR count). The van der Waals surface area contributed by atoms with E-state index in [4.69, 9.17) is 5.11 Å². The van der Waals surface area contributed by atoms with Crippen LogP contribution in [-0.2, 0) is 0 Å². The third-order valence-corrected chi connectivity index (χ3v) is 3.85. The molecule has 114 valence electrons. The minimum absolute atomic E-state index is 0. The molecule has 19 heavy (non-hydrogen) atoms. The van der Waals surface area contributed by atoms with Crippen LogP contribution in [0, 0.1) is 0 Å². The molecule has 1 heterocycles. The summed E-state index contributed by atoms with van der Waals surface area (Å²) in [5.74, 6) is 0. The Morgan fingerprint density at radius 3 is 2.74 bits per heavy atom. The second-order valence-corrected chi connectivity index (χ2v) is 5.24. The highest BCUT2D eigenvalue weighted by molar-refractivity contribution is 5.35. The molecule has 0 aromatic rings. The third-order valence-electron chi connectivity index (χ3n) is 3.85. The molecule has 0 amide bonds. The maximum Gasteiger partial charge on any atom is 0.0431 e. The zero-order chi connectivity index (χ0) is 13.4. The Morgan fingerprint density at radius 2 is 2.05 bits per heavy atom. The number of aliphatic hydroxyl groups excluding tert-OH is 1. The van der Waals surface area contributed by atoms with E-state index in [0.29, 0.717) is 6.61 Å². The van der Waals surface area contributed by atoms with Crippen LogP contribution in [0.1, 0.15) is 68.1 Å². The fourth-order valence-corrected chi connectivity index (χ4v) is 2.84. The summed E-state index contributed by atoms with van der Waals surface area (Å²) in [5.41, 5.74) is 3.33. The zero-order valence-corrected chi connectivity index (χ0v) is 12.3. The molecule has 2 heteroatoms. The first kappa shape index (κ1) is 18.4. The first-order valence-electron chi connectivity index (χ1n) is 7.49. The van der Waals surface area contributed by atoms with Crippen molar-refractivity contribution in [3.8, 4) is 0 Å². The highest BCUT2D eigenvalue weighted by atomic mass is 16.2. The van der Waals surface area contributed by atoms with Crippen LogP contribution in [0.15, 0.2) is 23.3 Å². The van der Waals surface area contributed by atoms with Gasteiger partial charge in [0.05, 0.1) is 0 Å². The smallest absolute Gasteiger partial charge is 0.0431 e. The number of allylic oxidation sites excluding steroid dienone is 2. The van der Waals surface area contributed by atoms with Crippen LogP contribution >= 0.6 is 0 Å². The number of rotatable bonds is 4. The molecule has 0 aromatic carbocycles. The molecule has 0 aromatic heterocycles. The van der Waals surface area contributed by atoms with Crippen LogP contribution in [-0.4, -0.2) is 23.8 Å². The number of unbranched alkanes of at least 4 members (excludes halogenated alkanes) is 1. The van der Waals surface area contributed by atoms with E-state index >= 15 is 0 Å². The van der Waals surface area contributed by atoms with Gasteiger partial charge < -0.3 is 10.4 Å². The zero-order valence-electron chi connectivity index (χ0n) is 12.3. The Hall–Kier alpha value is -0.600. The van der Waals surface area contributed by atoms with Gasteiger partial charge in [-0.05, 0) is 52.0 Å². The van der Waals surface area contributed by atoms with Gasteiger partial charge in [-0.15, -0.1) is 0 Å². The molecule has 1 aliphatic carbocycles. The van der Waals surface area contributed by atoms with E-state index in [2.05, 4.69) is 24.4 Å². The quantitative estimate of drug-likeness (QED) is 0.739. The number of hydrogen-bond acceptors (Lipinski definition) is 2. The summed E-state index contributed by atoms with van der Waals surface area (Å²) in [7, 11) is 0. The summed E-state index contributed by atoms with van der Waals surface area (Å²) >= 11 is 0. The number of fused-ring (bicyclic) bond motifs is 1. The first-order valence-corrected chi connectivity index (χ1v) is 7.49. The number of aliphatic hydroxyl groups is 1. The predicted octanol–water partition coefficient (Wildman–Crippen LogP) is 4.46. The van der Waals surface area contributed by atoms with E-state index in [0.717, 1.165) is 32.2 Å². The van der Waals surface area contributed by atoms with Crippen molar-refractivity contribution in [3.63, 3.8) is 0 Å². The molecule has 2 N–H and O–H groups in total. The monoisotopic (exact) mass is 269 g/mol. The van der Waals surface area contributed by atoms with Gasteiger partial charge >= 0.3 is 0 Å². The summed E-state index contributed by atoms with van der Waals surface area (Å²) in [5, 5.41) is 12.4. The molecule has 1 unspecified atom stereocenters. The standard InChI is InChI=1S/C14H23NO.C2H6.CH4.H2/c1-14-11-12(5-2-3-10-16)7-8-13(14)6-4-9-15-14;1-2;;/h7-8,15-16H,2-6,9-11H2,1H3;1-2H3;1H4;1H. The maximum absolute atomic E-state index is 8.79. The lowest BCUT2D eigenvalue weighted by Gasteiger charge is -2.40. The molecule has 0 spiro atoms. The van der Waals surface area contributed by atoms with Gasteiger partial charge in [-0.25, -0.2) is 0 Å². The van der Waals surface area contributed by atoms with Crippen molar-refractivity contribution in [1.29, 1.82) is 0 Å². The second-order valence-electron chi connectivity index (χ2n) is 5.24. The molecule has 2 aliphatic rings. The molecule has 0 radical (unpaired) electrons. The Kier molecular flexibility index (Phi) is 9.03. The Morgan fingerprint density at radius 1 is 1.32 bits per heavy atom. The van der Waals surface area contributed by atoms with Crippen molar-refractivity contribution in [3.05, 3.63) is 23.3 Å². The number of piperidine rings is 1. The van der Waals surface area contributed by atoms with E-state index in [1.165, 1.54) is 18.4 Å². The lowest BCUT2D eigenvalue weighted by atomic mass is 9.76. The van der Waals surface area contributed by atoms with E-state index < -0.39 is 0 Å². The van der Waals surface area contributed by atoms with Crippen molar-refractivity contribution in [2.75, 3.05) is 13.2 Å². The minimum Gasteiger partial charge on any atom is -0.396 e. The summed E-state index contributed by atoms with van der Waals surface area (Å²) in [6, 6.07) is 0. The highest BCUT2D eigenvalue weighted by Gasteiger charge is 2.33. The molecule has 1 saturated heterocycles. The lowest BCUT2D eigenvalue weighted by Crippen LogP contribution is -2.48. The second kappa shape index (κ2) is 9.33. The molecule has 2 nitrogen and oxygen atoms in total. The van der Waals surface area contributed by atoms with Gasteiger partial charge in [-0.2, -0.15) is 0 Å². The Bertz CT molecular complexity index is 312. The van der Waals surface area contributed by atoms with Gasteiger partial charge in [0.25, 0.3) is 0 Å². The van der Waals surface area contributed by atoms with Crippen molar-refractivity contribution in [2.45, 2.75) is 72.3 Å². The highest BCUT2D eigenvalue weighted by Crippen LogP contribution is 2.35. The topological polar surface area (TPSA) is 32.3 Å². The average Bonchev–Trinajstić information content (AvgIpc) is 2.40. The van der Waals surface area contributed by atoms with E-state index in [1.807, 2.05) is 13.8 Å². The molecule has 1 aliphatic heterocycles. The fourth-order valence-electron chi connectivity index (χ4n) is 2.84. The molecular weight excluding hydrogens is 234 g/mol. The van der Waals surface area contributed by atoms with Gasteiger partial charge in [0.15, 0.2) is 0 Å². The number of nitrogens with one attached hydrogen (secondary N) is 1. The summed E-state index contributed by atoms with van der Waals surface area (Å²) in [6.07, 6.45) is 11.5. The lowest BCUT2D eigenvalue weighted by molar-refractivity contribution is 0.283. The third kappa shape index (κ3) is 5.12. The Labute approximate surface area is 121 Å². The molecule has 1 atom stereocenters. The molecule has 1 fully saturated rings. The van der Waals surface area contributed by atoms with Gasteiger partial charge in [0.2, 0.25) is 0 Å². The van der Waals surface area contributed by atoms with Gasteiger partial charge in [-0.1, -0.05) is 44.6 Å². The predicted molar refractivity (Wildman–Crippen MR) is 87.6 cm³/mol. The van der Waals surface area contributed by atoms with E-state index in [1.54, 1.807) is 5.57 Å². The number of hydrogen-bond donors (Lipinski definition) is 2. The Balaban J connectivity index is 0. The van der Waals surface area contributed by atoms with Crippen LogP contribution in [0.5, 0.6) is 0 Å². The summed E-state index contributed by atoms with van der Waals surface area (Å²) < 4.78 is 0. The average molecular weight is 269 g/mol. The SMILES string of the molecule is C.CC.CC12CC(CCCCO)=CC=C1CCCN2.[HH].